The fourth-order valence-corrected chi connectivity index (χ4v) is 3.32. The van der Waals surface area contributed by atoms with Crippen LogP contribution in [0.3, 0.4) is 0 Å². The summed E-state index contributed by atoms with van der Waals surface area (Å²) >= 11 is 12.1. The molecule has 2 heterocycles. The molecule has 0 N–H and O–H groups in total. The van der Waals surface area contributed by atoms with E-state index in [-0.39, 0.29) is 24.1 Å². The van der Waals surface area contributed by atoms with E-state index in [2.05, 4.69) is 10.2 Å². The van der Waals surface area contributed by atoms with Gasteiger partial charge in [0, 0.05) is 18.1 Å². The van der Waals surface area contributed by atoms with Crippen molar-refractivity contribution in [3.63, 3.8) is 0 Å². The van der Waals surface area contributed by atoms with E-state index in [4.69, 9.17) is 32.4 Å². The molecule has 1 fully saturated rings. The zero-order valence-electron chi connectivity index (χ0n) is 13.2. The van der Waals surface area contributed by atoms with Crippen molar-refractivity contribution >= 4 is 29.1 Å². The molecule has 0 atom stereocenters. The van der Waals surface area contributed by atoms with Crippen LogP contribution in [0.25, 0.3) is 11.5 Å². The van der Waals surface area contributed by atoms with Gasteiger partial charge in [0.1, 0.15) is 12.2 Å². The fraction of sp³-hybridized carbons (Fsp3) is 0.438. The van der Waals surface area contributed by atoms with Crippen molar-refractivity contribution in [1.29, 1.82) is 0 Å². The van der Waals surface area contributed by atoms with Crippen LogP contribution in [0.15, 0.2) is 16.5 Å². The maximum atomic E-state index is 12.3. The Kier molecular flexibility index (Phi) is 5.26. The number of aromatic nitrogens is 2. The van der Waals surface area contributed by atoms with Crippen LogP contribution < -0.4 is 4.74 Å². The predicted octanol–water partition coefficient (Wildman–Crippen LogP) is 3.61. The molecule has 6 nitrogen and oxygen atoms in total. The Morgan fingerprint density at radius 1 is 1.25 bits per heavy atom. The van der Waals surface area contributed by atoms with E-state index < -0.39 is 0 Å². The third-order valence-corrected chi connectivity index (χ3v) is 4.42. The Morgan fingerprint density at radius 3 is 2.71 bits per heavy atom. The number of amides is 1. The molecule has 128 valence electrons. The molecule has 0 unspecified atom stereocenters. The van der Waals surface area contributed by atoms with Crippen molar-refractivity contribution < 1.29 is 13.9 Å². The van der Waals surface area contributed by atoms with Crippen LogP contribution in [-0.4, -0.2) is 41.2 Å². The molecule has 0 radical (unpaired) electrons. The Balaban J connectivity index is 1.79. The molecule has 0 saturated carbocycles. The van der Waals surface area contributed by atoms with Gasteiger partial charge in [-0.15, -0.1) is 10.2 Å². The van der Waals surface area contributed by atoms with Gasteiger partial charge in [-0.2, -0.15) is 0 Å². The molecule has 0 spiro atoms. The maximum absolute atomic E-state index is 12.3. The summed E-state index contributed by atoms with van der Waals surface area (Å²) in [6.07, 6.45) is 3.34. The molecule has 1 aromatic heterocycles. The van der Waals surface area contributed by atoms with Crippen LogP contribution in [0, 0.1) is 0 Å². The highest BCUT2D eigenvalue weighted by Gasteiger charge is 2.21. The Morgan fingerprint density at radius 2 is 2.00 bits per heavy atom. The molecule has 1 saturated heterocycles. The lowest BCUT2D eigenvalue weighted by Crippen LogP contribution is -2.36. The minimum Gasteiger partial charge on any atom is -0.494 e. The first kappa shape index (κ1) is 17.0. The monoisotopic (exact) mass is 369 g/mol. The third kappa shape index (κ3) is 3.65. The van der Waals surface area contributed by atoms with E-state index in [1.807, 2.05) is 4.90 Å². The summed E-state index contributed by atoms with van der Waals surface area (Å²) in [6, 6.07) is 3.21. The van der Waals surface area contributed by atoms with E-state index in [1.165, 1.54) is 13.5 Å². The largest absolute Gasteiger partial charge is 0.494 e. The van der Waals surface area contributed by atoms with Crippen molar-refractivity contribution in [2.45, 2.75) is 25.7 Å². The lowest BCUT2D eigenvalue weighted by molar-refractivity contribution is -0.131. The highest BCUT2D eigenvalue weighted by Crippen LogP contribution is 2.38. The quantitative estimate of drug-likeness (QED) is 0.823. The second kappa shape index (κ2) is 7.40. The Bertz CT molecular complexity index is 742. The van der Waals surface area contributed by atoms with Gasteiger partial charge in [0.15, 0.2) is 0 Å². The van der Waals surface area contributed by atoms with Crippen LogP contribution in [0.5, 0.6) is 5.75 Å². The van der Waals surface area contributed by atoms with Crippen molar-refractivity contribution in [2.24, 2.45) is 0 Å². The number of hydrogen-bond donors (Lipinski definition) is 0. The predicted molar refractivity (Wildman–Crippen MR) is 90.4 cm³/mol. The lowest BCUT2D eigenvalue weighted by Gasteiger charge is -2.26. The fourth-order valence-electron chi connectivity index (χ4n) is 2.75. The molecule has 8 heteroatoms. The summed E-state index contributed by atoms with van der Waals surface area (Å²) in [5.41, 5.74) is 0.499. The highest BCUT2D eigenvalue weighted by atomic mass is 35.5. The van der Waals surface area contributed by atoms with Crippen molar-refractivity contribution in [2.75, 3.05) is 20.2 Å². The number of carbonyl (C=O) groups excluding carboxylic acids is 1. The smallest absolute Gasteiger partial charge is 0.251 e. The summed E-state index contributed by atoms with van der Waals surface area (Å²) < 4.78 is 10.9. The summed E-state index contributed by atoms with van der Waals surface area (Å²) in [5.74, 6) is 0.885. The van der Waals surface area contributed by atoms with Crippen LogP contribution in [0.2, 0.25) is 10.0 Å². The first-order valence-electron chi connectivity index (χ1n) is 7.72. The van der Waals surface area contributed by atoms with Gasteiger partial charge in [-0.1, -0.05) is 23.2 Å². The Labute approximate surface area is 149 Å². The summed E-state index contributed by atoms with van der Waals surface area (Å²) in [4.78, 5) is 14.1. The van der Waals surface area contributed by atoms with Crippen LogP contribution in [0.1, 0.15) is 25.2 Å². The molecule has 3 rings (SSSR count). The van der Waals surface area contributed by atoms with Gasteiger partial charge < -0.3 is 14.1 Å². The van der Waals surface area contributed by atoms with Crippen LogP contribution in [-0.2, 0) is 11.2 Å². The topological polar surface area (TPSA) is 68.5 Å². The van der Waals surface area contributed by atoms with Gasteiger partial charge in [-0.05, 0) is 31.4 Å². The number of piperidine rings is 1. The van der Waals surface area contributed by atoms with Gasteiger partial charge in [0.05, 0.1) is 17.7 Å². The number of likely N-dealkylation sites (tertiary alicyclic amines) is 1. The van der Waals surface area contributed by atoms with E-state index in [0.717, 1.165) is 25.9 Å². The molecule has 24 heavy (non-hydrogen) atoms. The maximum Gasteiger partial charge on any atom is 0.251 e. The second-order valence-electron chi connectivity index (χ2n) is 5.59. The molecule has 1 aliphatic heterocycles. The average molecular weight is 370 g/mol. The van der Waals surface area contributed by atoms with E-state index in [1.54, 1.807) is 12.1 Å². The highest BCUT2D eigenvalue weighted by molar-refractivity contribution is 6.36. The van der Waals surface area contributed by atoms with Gasteiger partial charge in [-0.25, -0.2) is 0 Å². The first-order valence-corrected chi connectivity index (χ1v) is 8.47. The minimum absolute atomic E-state index is 0.000918. The number of carbonyl (C=O) groups is 1. The SMILES string of the molecule is COc1c(Cl)cc(Cl)cc1-c1nnc(CC(=O)N2CCCCC2)o1. The number of benzene rings is 1. The number of nitrogens with zero attached hydrogens (tertiary/aromatic N) is 3. The normalized spacial score (nSPS) is 14.7. The van der Waals surface area contributed by atoms with E-state index in [9.17, 15) is 4.79 Å². The Hall–Kier alpha value is -1.79. The molecule has 1 aliphatic rings. The molecule has 2 aromatic rings. The zero-order chi connectivity index (χ0) is 17.1. The number of hydrogen-bond acceptors (Lipinski definition) is 5. The van der Waals surface area contributed by atoms with E-state index >= 15 is 0 Å². The van der Waals surface area contributed by atoms with Crippen LogP contribution >= 0.6 is 23.2 Å². The average Bonchev–Trinajstić information content (AvgIpc) is 3.03. The second-order valence-corrected chi connectivity index (χ2v) is 6.43. The molecule has 1 amide bonds. The standard InChI is InChI=1S/C16H17Cl2N3O3/c1-23-15-11(7-10(17)8-12(15)18)16-20-19-13(24-16)9-14(22)21-5-3-2-4-6-21/h7-8H,2-6,9H2,1H3. The number of halogens is 2. The number of methoxy groups -OCH3 is 1. The van der Waals surface area contributed by atoms with Crippen LogP contribution in [0.4, 0.5) is 0 Å². The summed E-state index contributed by atoms with van der Waals surface area (Å²) in [6.45, 7) is 1.58. The van der Waals surface area contributed by atoms with Crippen molar-refractivity contribution in [3.8, 4) is 17.2 Å². The van der Waals surface area contributed by atoms with Gasteiger partial charge in [-0.3, -0.25) is 4.79 Å². The lowest BCUT2D eigenvalue weighted by atomic mass is 10.1. The molecule has 1 aromatic carbocycles. The zero-order valence-corrected chi connectivity index (χ0v) is 14.7. The first-order chi connectivity index (χ1) is 11.6. The van der Waals surface area contributed by atoms with E-state index in [0.29, 0.717) is 21.4 Å². The van der Waals surface area contributed by atoms with Crippen molar-refractivity contribution in [1.82, 2.24) is 15.1 Å². The number of ether oxygens (including phenoxy) is 1. The molecule has 0 aliphatic carbocycles. The third-order valence-electron chi connectivity index (χ3n) is 3.92. The molecular weight excluding hydrogens is 353 g/mol. The summed E-state index contributed by atoms with van der Waals surface area (Å²) in [7, 11) is 1.50. The number of rotatable bonds is 4. The van der Waals surface area contributed by atoms with Gasteiger partial charge in [0.25, 0.3) is 5.89 Å². The summed E-state index contributed by atoms with van der Waals surface area (Å²) in [5, 5.41) is 8.73. The molecule has 0 bridgehead atoms. The minimum atomic E-state index is 0.000918. The van der Waals surface area contributed by atoms with Gasteiger partial charge >= 0.3 is 0 Å². The van der Waals surface area contributed by atoms with Gasteiger partial charge in [0.2, 0.25) is 11.8 Å². The van der Waals surface area contributed by atoms with Crippen molar-refractivity contribution in [3.05, 3.63) is 28.1 Å². The molecular formula is C16H17Cl2N3O3.